The molecule has 0 atom stereocenters. The Labute approximate surface area is 141 Å². The molecule has 0 spiro atoms. The summed E-state index contributed by atoms with van der Waals surface area (Å²) in [6, 6.07) is 8.58. The van der Waals surface area contributed by atoms with Gasteiger partial charge in [0.15, 0.2) is 0 Å². The number of ether oxygens (including phenoxy) is 1. The van der Waals surface area contributed by atoms with Crippen molar-refractivity contribution < 1.29 is 4.74 Å². The van der Waals surface area contributed by atoms with E-state index in [0.717, 1.165) is 18.1 Å². The molecule has 2 heteroatoms. The van der Waals surface area contributed by atoms with Crippen molar-refractivity contribution in [2.75, 3.05) is 6.61 Å². The highest BCUT2D eigenvalue weighted by Crippen LogP contribution is 2.38. The van der Waals surface area contributed by atoms with Gasteiger partial charge in [-0.2, -0.15) is 5.26 Å². The lowest BCUT2D eigenvalue weighted by atomic mass is 9.77. The van der Waals surface area contributed by atoms with Gasteiger partial charge in [-0.25, -0.2) is 0 Å². The van der Waals surface area contributed by atoms with Crippen molar-refractivity contribution in [3.8, 4) is 11.8 Å². The molecule has 0 radical (unpaired) electrons. The molecule has 0 unspecified atom stereocenters. The van der Waals surface area contributed by atoms with Gasteiger partial charge in [-0.15, -0.1) is 0 Å². The fraction of sp³-hybridized carbons (Fsp3) is 0.667. The molecule has 0 aromatic heterocycles. The van der Waals surface area contributed by atoms with Crippen molar-refractivity contribution >= 4 is 0 Å². The Hall–Kier alpha value is -1.49. The number of nitriles is 1. The van der Waals surface area contributed by atoms with E-state index < -0.39 is 0 Å². The standard InChI is InChI=1S/C21H31NO/c1-3-5-6-14-23-21-13-12-19(15-20(21)16-22)18-10-8-17(7-4-2)9-11-18/h12-13,15,17-18H,3-11,14H2,1-2H3. The zero-order chi connectivity index (χ0) is 16.5. The SMILES string of the molecule is CCCCCOc1ccc(C2CCC(CCC)CC2)cc1C#N. The summed E-state index contributed by atoms with van der Waals surface area (Å²) >= 11 is 0. The first-order valence-corrected chi connectivity index (χ1v) is 9.45. The molecular weight excluding hydrogens is 282 g/mol. The molecular formula is C21H31NO. The maximum absolute atomic E-state index is 9.43. The van der Waals surface area contributed by atoms with E-state index in [0.29, 0.717) is 18.1 Å². The van der Waals surface area contributed by atoms with E-state index in [2.05, 4.69) is 32.0 Å². The molecule has 2 nitrogen and oxygen atoms in total. The highest BCUT2D eigenvalue weighted by Gasteiger charge is 2.22. The van der Waals surface area contributed by atoms with Crippen LogP contribution < -0.4 is 4.74 Å². The van der Waals surface area contributed by atoms with Crippen LogP contribution in [0.3, 0.4) is 0 Å². The van der Waals surface area contributed by atoms with E-state index >= 15 is 0 Å². The molecule has 0 N–H and O–H groups in total. The zero-order valence-corrected chi connectivity index (χ0v) is 14.8. The molecule has 23 heavy (non-hydrogen) atoms. The first-order chi connectivity index (χ1) is 11.3. The first kappa shape index (κ1) is 17.9. The zero-order valence-electron chi connectivity index (χ0n) is 14.8. The smallest absolute Gasteiger partial charge is 0.137 e. The second kappa shape index (κ2) is 9.60. The van der Waals surface area contributed by atoms with Gasteiger partial charge in [0, 0.05) is 0 Å². The molecule has 1 fully saturated rings. The summed E-state index contributed by atoms with van der Waals surface area (Å²) in [6.07, 6.45) is 11.3. The van der Waals surface area contributed by atoms with Gasteiger partial charge in [0.1, 0.15) is 11.8 Å². The average Bonchev–Trinajstić information content (AvgIpc) is 2.60. The number of nitrogens with zero attached hydrogens (tertiary/aromatic N) is 1. The Morgan fingerprint density at radius 2 is 1.87 bits per heavy atom. The van der Waals surface area contributed by atoms with E-state index in [-0.39, 0.29) is 0 Å². The second-order valence-electron chi connectivity index (χ2n) is 6.93. The van der Waals surface area contributed by atoms with Crippen molar-refractivity contribution in [3.05, 3.63) is 29.3 Å². The number of hydrogen-bond acceptors (Lipinski definition) is 2. The molecule has 2 rings (SSSR count). The van der Waals surface area contributed by atoms with Crippen LogP contribution in [0.5, 0.6) is 5.75 Å². The maximum Gasteiger partial charge on any atom is 0.137 e. The van der Waals surface area contributed by atoms with Crippen LogP contribution in [0, 0.1) is 17.2 Å². The summed E-state index contributed by atoms with van der Waals surface area (Å²) in [5, 5.41) is 9.43. The van der Waals surface area contributed by atoms with Crippen LogP contribution in [0.15, 0.2) is 18.2 Å². The molecule has 1 aliphatic carbocycles. The van der Waals surface area contributed by atoms with Gasteiger partial charge in [-0.3, -0.25) is 0 Å². The first-order valence-electron chi connectivity index (χ1n) is 9.45. The minimum absolute atomic E-state index is 0.629. The van der Waals surface area contributed by atoms with E-state index in [1.54, 1.807) is 0 Å². The largest absolute Gasteiger partial charge is 0.492 e. The molecule has 1 aromatic rings. The lowest BCUT2D eigenvalue weighted by Gasteiger charge is -2.28. The number of unbranched alkanes of at least 4 members (excludes halogenated alkanes) is 2. The molecule has 0 heterocycles. The Balaban J connectivity index is 1.95. The summed E-state index contributed by atoms with van der Waals surface area (Å²) in [6.45, 7) is 5.18. The quantitative estimate of drug-likeness (QED) is 0.535. The number of hydrogen-bond donors (Lipinski definition) is 0. The van der Waals surface area contributed by atoms with Gasteiger partial charge < -0.3 is 4.74 Å². The summed E-state index contributed by atoms with van der Waals surface area (Å²) < 4.78 is 5.80. The lowest BCUT2D eigenvalue weighted by molar-refractivity contribution is 0.302. The summed E-state index contributed by atoms with van der Waals surface area (Å²) in [7, 11) is 0. The minimum atomic E-state index is 0.629. The van der Waals surface area contributed by atoms with Crippen molar-refractivity contribution in [1.29, 1.82) is 5.26 Å². The van der Waals surface area contributed by atoms with Crippen LogP contribution in [0.4, 0.5) is 0 Å². The molecule has 0 amide bonds. The third kappa shape index (κ3) is 5.27. The normalized spacial score (nSPS) is 20.9. The van der Waals surface area contributed by atoms with Crippen LogP contribution in [-0.2, 0) is 0 Å². The minimum Gasteiger partial charge on any atom is -0.492 e. The predicted octanol–water partition coefficient (Wildman–Crippen LogP) is 6.20. The van der Waals surface area contributed by atoms with E-state index in [4.69, 9.17) is 4.74 Å². The van der Waals surface area contributed by atoms with Gasteiger partial charge in [0.25, 0.3) is 0 Å². The lowest BCUT2D eigenvalue weighted by Crippen LogP contribution is -2.13. The van der Waals surface area contributed by atoms with Gasteiger partial charge in [0.2, 0.25) is 0 Å². The second-order valence-corrected chi connectivity index (χ2v) is 6.93. The van der Waals surface area contributed by atoms with Gasteiger partial charge in [0.05, 0.1) is 12.2 Å². The summed E-state index contributed by atoms with van der Waals surface area (Å²) in [5.74, 6) is 2.31. The van der Waals surface area contributed by atoms with E-state index in [1.807, 2.05) is 6.07 Å². The van der Waals surface area contributed by atoms with E-state index in [1.165, 1.54) is 56.9 Å². The third-order valence-corrected chi connectivity index (χ3v) is 5.14. The Kier molecular flexibility index (Phi) is 7.46. The fourth-order valence-corrected chi connectivity index (χ4v) is 3.74. The molecule has 126 valence electrons. The predicted molar refractivity (Wildman–Crippen MR) is 95.8 cm³/mol. The van der Waals surface area contributed by atoms with Crippen LogP contribution in [0.25, 0.3) is 0 Å². The molecule has 1 aromatic carbocycles. The molecule has 1 saturated carbocycles. The monoisotopic (exact) mass is 313 g/mol. The van der Waals surface area contributed by atoms with E-state index in [9.17, 15) is 5.26 Å². The Morgan fingerprint density at radius 1 is 1.09 bits per heavy atom. The van der Waals surface area contributed by atoms with Crippen LogP contribution >= 0.6 is 0 Å². The van der Waals surface area contributed by atoms with Gasteiger partial charge in [-0.1, -0.05) is 45.6 Å². The number of rotatable bonds is 8. The molecule has 0 saturated heterocycles. The Bertz CT molecular complexity index is 509. The van der Waals surface area contributed by atoms with Crippen LogP contribution in [0.2, 0.25) is 0 Å². The van der Waals surface area contributed by atoms with Gasteiger partial charge >= 0.3 is 0 Å². The molecule has 0 aliphatic heterocycles. The van der Waals surface area contributed by atoms with Crippen molar-refractivity contribution in [3.63, 3.8) is 0 Å². The topological polar surface area (TPSA) is 33.0 Å². The fourth-order valence-electron chi connectivity index (χ4n) is 3.74. The Morgan fingerprint density at radius 3 is 2.52 bits per heavy atom. The van der Waals surface area contributed by atoms with Crippen molar-refractivity contribution in [2.45, 2.75) is 77.6 Å². The summed E-state index contributed by atoms with van der Waals surface area (Å²) in [5.41, 5.74) is 2.03. The summed E-state index contributed by atoms with van der Waals surface area (Å²) in [4.78, 5) is 0. The molecule has 1 aliphatic rings. The van der Waals surface area contributed by atoms with Crippen molar-refractivity contribution in [1.82, 2.24) is 0 Å². The van der Waals surface area contributed by atoms with Gasteiger partial charge in [-0.05, 0) is 61.6 Å². The van der Waals surface area contributed by atoms with Crippen molar-refractivity contribution in [2.24, 2.45) is 5.92 Å². The number of benzene rings is 1. The third-order valence-electron chi connectivity index (χ3n) is 5.14. The highest BCUT2D eigenvalue weighted by molar-refractivity contribution is 5.46. The highest BCUT2D eigenvalue weighted by atomic mass is 16.5. The van der Waals surface area contributed by atoms with Crippen LogP contribution in [0.1, 0.15) is 88.7 Å². The average molecular weight is 313 g/mol. The molecule has 0 bridgehead atoms. The maximum atomic E-state index is 9.43. The van der Waals surface area contributed by atoms with Crippen LogP contribution in [-0.4, -0.2) is 6.61 Å².